The molecular formula is C13H10Cl2N4S. The lowest BCUT2D eigenvalue weighted by Gasteiger charge is -2.10. The molecule has 102 valence electrons. The standard InChI is InChI=1S/C13H10Cl2N4S/c14-11-9(8-20-12(11)15)7-17-10-3-1-4-16-13(10)19-6-2-5-18-19/h1-6,8,17H,7H2. The van der Waals surface area contributed by atoms with E-state index >= 15 is 0 Å². The summed E-state index contributed by atoms with van der Waals surface area (Å²) < 4.78 is 2.33. The van der Waals surface area contributed by atoms with Crippen LogP contribution in [0.25, 0.3) is 5.82 Å². The van der Waals surface area contributed by atoms with Crippen LogP contribution in [0.5, 0.6) is 0 Å². The Labute approximate surface area is 130 Å². The van der Waals surface area contributed by atoms with Crippen LogP contribution in [0, 0.1) is 0 Å². The molecule has 0 fully saturated rings. The van der Waals surface area contributed by atoms with E-state index in [1.807, 2.05) is 29.8 Å². The lowest BCUT2D eigenvalue weighted by atomic mass is 10.3. The summed E-state index contributed by atoms with van der Waals surface area (Å²) in [7, 11) is 0. The molecule has 7 heteroatoms. The fourth-order valence-electron chi connectivity index (χ4n) is 1.77. The second-order valence-corrected chi connectivity index (χ2v) is 5.89. The van der Waals surface area contributed by atoms with Crippen LogP contribution >= 0.6 is 34.5 Å². The first-order valence-corrected chi connectivity index (χ1v) is 7.49. The molecule has 3 heterocycles. The highest BCUT2D eigenvalue weighted by atomic mass is 35.5. The molecule has 3 aromatic heterocycles. The molecule has 0 aromatic carbocycles. The molecular weight excluding hydrogens is 315 g/mol. The summed E-state index contributed by atoms with van der Waals surface area (Å²) in [6.07, 6.45) is 5.30. The highest BCUT2D eigenvalue weighted by molar-refractivity contribution is 7.15. The van der Waals surface area contributed by atoms with Crippen molar-refractivity contribution < 1.29 is 0 Å². The Morgan fingerprint density at radius 3 is 2.85 bits per heavy atom. The van der Waals surface area contributed by atoms with E-state index in [2.05, 4.69) is 15.4 Å². The van der Waals surface area contributed by atoms with Crippen molar-refractivity contribution in [1.82, 2.24) is 14.8 Å². The Hall–Kier alpha value is -1.56. The molecule has 0 radical (unpaired) electrons. The molecule has 3 aromatic rings. The van der Waals surface area contributed by atoms with E-state index in [4.69, 9.17) is 23.2 Å². The minimum absolute atomic E-state index is 0.585. The highest BCUT2D eigenvalue weighted by Gasteiger charge is 2.09. The van der Waals surface area contributed by atoms with E-state index in [0.29, 0.717) is 15.9 Å². The van der Waals surface area contributed by atoms with E-state index in [1.165, 1.54) is 11.3 Å². The topological polar surface area (TPSA) is 42.7 Å². The molecule has 0 spiro atoms. The fourth-order valence-corrected chi connectivity index (χ4v) is 3.03. The predicted molar refractivity (Wildman–Crippen MR) is 83.0 cm³/mol. The number of rotatable bonds is 4. The third-order valence-electron chi connectivity index (χ3n) is 2.74. The summed E-state index contributed by atoms with van der Waals surface area (Å²) in [5.74, 6) is 0.745. The SMILES string of the molecule is Clc1scc(CNc2cccnc2-n2cccn2)c1Cl. The Balaban J connectivity index is 1.83. The zero-order valence-corrected chi connectivity index (χ0v) is 12.6. The average Bonchev–Trinajstić information content (AvgIpc) is 3.10. The van der Waals surface area contributed by atoms with Crippen molar-refractivity contribution in [2.75, 3.05) is 5.32 Å². The molecule has 1 N–H and O–H groups in total. The summed E-state index contributed by atoms with van der Waals surface area (Å²) in [4.78, 5) is 4.34. The van der Waals surface area contributed by atoms with E-state index in [9.17, 15) is 0 Å². The molecule has 0 unspecified atom stereocenters. The van der Waals surface area contributed by atoms with Crippen LogP contribution in [0.15, 0.2) is 42.2 Å². The van der Waals surface area contributed by atoms with Crippen molar-refractivity contribution in [2.24, 2.45) is 0 Å². The summed E-state index contributed by atoms with van der Waals surface area (Å²) in [5.41, 5.74) is 1.85. The van der Waals surface area contributed by atoms with Crippen LogP contribution in [-0.2, 0) is 6.54 Å². The van der Waals surface area contributed by atoms with Gasteiger partial charge in [0.1, 0.15) is 4.34 Å². The van der Waals surface area contributed by atoms with Gasteiger partial charge in [0.15, 0.2) is 5.82 Å². The van der Waals surface area contributed by atoms with Gasteiger partial charge in [0, 0.05) is 30.7 Å². The Kier molecular flexibility index (Phi) is 3.91. The third-order valence-corrected chi connectivity index (χ3v) is 4.65. The first-order valence-electron chi connectivity index (χ1n) is 5.86. The van der Waals surface area contributed by atoms with Crippen molar-refractivity contribution >= 4 is 40.2 Å². The normalized spacial score (nSPS) is 10.7. The summed E-state index contributed by atoms with van der Waals surface area (Å²) in [6.45, 7) is 0.585. The van der Waals surface area contributed by atoms with Gasteiger partial charge in [-0.05, 0) is 23.6 Å². The largest absolute Gasteiger partial charge is 0.378 e. The first kappa shape index (κ1) is 13.4. The van der Waals surface area contributed by atoms with E-state index in [1.54, 1.807) is 17.1 Å². The van der Waals surface area contributed by atoms with Crippen LogP contribution in [0.3, 0.4) is 0 Å². The summed E-state index contributed by atoms with van der Waals surface area (Å²) in [5, 5.41) is 10.1. The molecule has 20 heavy (non-hydrogen) atoms. The van der Waals surface area contributed by atoms with Crippen LogP contribution in [0.1, 0.15) is 5.56 Å². The zero-order chi connectivity index (χ0) is 13.9. The Bertz CT molecular complexity index is 709. The van der Waals surface area contributed by atoms with E-state index in [0.717, 1.165) is 17.1 Å². The second-order valence-electron chi connectivity index (χ2n) is 4.03. The van der Waals surface area contributed by atoms with E-state index in [-0.39, 0.29) is 0 Å². The van der Waals surface area contributed by atoms with Gasteiger partial charge in [-0.15, -0.1) is 11.3 Å². The Morgan fingerprint density at radius 1 is 1.25 bits per heavy atom. The molecule has 0 atom stereocenters. The maximum absolute atomic E-state index is 6.12. The zero-order valence-electron chi connectivity index (χ0n) is 10.3. The van der Waals surface area contributed by atoms with Gasteiger partial charge in [0.2, 0.25) is 0 Å². The fraction of sp³-hybridized carbons (Fsp3) is 0.0769. The number of pyridine rings is 1. The van der Waals surface area contributed by atoms with Crippen molar-refractivity contribution in [2.45, 2.75) is 6.54 Å². The Morgan fingerprint density at radius 2 is 2.15 bits per heavy atom. The van der Waals surface area contributed by atoms with Gasteiger partial charge >= 0.3 is 0 Å². The van der Waals surface area contributed by atoms with E-state index < -0.39 is 0 Å². The monoisotopic (exact) mass is 324 g/mol. The average molecular weight is 325 g/mol. The van der Waals surface area contributed by atoms with Crippen molar-refractivity contribution in [3.63, 3.8) is 0 Å². The molecule has 0 amide bonds. The van der Waals surface area contributed by atoms with Crippen LogP contribution in [0.4, 0.5) is 5.69 Å². The van der Waals surface area contributed by atoms with Gasteiger partial charge in [0.25, 0.3) is 0 Å². The quantitative estimate of drug-likeness (QED) is 0.780. The van der Waals surface area contributed by atoms with Crippen LogP contribution < -0.4 is 5.32 Å². The van der Waals surface area contributed by atoms with Gasteiger partial charge < -0.3 is 5.32 Å². The number of hydrogen-bond donors (Lipinski definition) is 1. The van der Waals surface area contributed by atoms with Crippen molar-refractivity contribution in [3.05, 3.63) is 57.1 Å². The summed E-state index contributed by atoms with van der Waals surface area (Å²) >= 11 is 13.5. The molecule has 0 saturated carbocycles. The number of hydrogen-bond acceptors (Lipinski definition) is 4. The molecule has 0 saturated heterocycles. The lowest BCUT2D eigenvalue weighted by Crippen LogP contribution is -2.06. The minimum Gasteiger partial charge on any atom is -0.378 e. The third kappa shape index (κ3) is 2.65. The lowest BCUT2D eigenvalue weighted by molar-refractivity contribution is 0.846. The smallest absolute Gasteiger partial charge is 0.176 e. The maximum Gasteiger partial charge on any atom is 0.176 e. The number of aromatic nitrogens is 3. The molecule has 0 aliphatic rings. The van der Waals surface area contributed by atoms with Gasteiger partial charge in [-0.25, -0.2) is 9.67 Å². The van der Waals surface area contributed by atoms with Gasteiger partial charge in [-0.1, -0.05) is 23.2 Å². The van der Waals surface area contributed by atoms with Crippen molar-refractivity contribution in [3.8, 4) is 5.82 Å². The number of anilines is 1. The van der Waals surface area contributed by atoms with Gasteiger partial charge in [-0.3, -0.25) is 0 Å². The molecule has 0 bridgehead atoms. The minimum atomic E-state index is 0.585. The second kappa shape index (κ2) is 5.83. The molecule has 3 rings (SSSR count). The number of thiophene rings is 1. The molecule has 0 aliphatic carbocycles. The van der Waals surface area contributed by atoms with Crippen LogP contribution in [-0.4, -0.2) is 14.8 Å². The predicted octanol–water partition coefficient (Wildman–Crippen LogP) is 4.25. The number of halogens is 2. The van der Waals surface area contributed by atoms with Gasteiger partial charge in [0.05, 0.1) is 10.7 Å². The maximum atomic E-state index is 6.12. The molecule has 4 nitrogen and oxygen atoms in total. The first-order chi connectivity index (χ1) is 9.75. The number of nitrogens with zero attached hydrogens (tertiary/aromatic N) is 3. The van der Waals surface area contributed by atoms with Crippen LogP contribution in [0.2, 0.25) is 9.36 Å². The number of nitrogens with one attached hydrogen (secondary N) is 1. The summed E-state index contributed by atoms with van der Waals surface area (Å²) in [6, 6.07) is 5.68. The van der Waals surface area contributed by atoms with Gasteiger partial charge in [-0.2, -0.15) is 5.10 Å². The van der Waals surface area contributed by atoms with Crippen molar-refractivity contribution in [1.29, 1.82) is 0 Å². The molecule has 0 aliphatic heterocycles. The highest BCUT2D eigenvalue weighted by Crippen LogP contribution is 2.32.